The Hall–Kier alpha value is -0.810. The predicted octanol–water partition coefficient (Wildman–Crippen LogP) is 2.13. The van der Waals surface area contributed by atoms with Crippen LogP contribution in [0.5, 0.6) is 0 Å². The van der Waals surface area contributed by atoms with Gasteiger partial charge in [-0.05, 0) is 53.9 Å². The maximum atomic E-state index is 12.2. The molecule has 1 fully saturated rings. The van der Waals surface area contributed by atoms with Gasteiger partial charge < -0.3 is 20.1 Å². The minimum absolute atomic E-state index is 0.0846. The van der Waals surface area contributed by atoms with Gasteiger partial charge in [0.25, 0.3) is 0 Å². The van der Waals surface area contributed by atoms with E-state index in [0.29, 0.717) is 0 Å². The van der Waals surface area contributed by atoms with E-state index in [1.807, 2.05) is 32.6 Å². The fraction of sp³-hybridized carbons (Fsp3) is 0.933. The van der Waals surface area contributed by atoms with Gasteiger partial charge in [0.1, 0.15) is 5.60 Å². The molecule has 5 nitrogen and oxygen atoms in total. The average Bonchev–Trinajstić information content (AvgIpc) is 2.74. The first-order valence-electron chi connectivity index (χ1n) is 7.59. The van der Waals surface area contributed by atoms with Gasteiger partial charge in [-0.25, -0.2) is 4.79 Å². The van der Waals surface area contributed by atoms with Crippen molar-refractivity contribution in [2.75, 3.05) is 13.2 Å². The van der Waals surface area contributed by atoms with Crippen LogP contribution in [0.2, 0.25) is 0 Å². The number of amides is 1. The first-order chi connectivity index (χ1) is 9.23. The molecule has 2 unspecified atom stereocenters. The molecule has 1 heterocycles. The molecular weight excluding hydrogens is 256 g/mol. The lowest BCUT2D eigenvalue weighted by atomic mass is 10.1. The number of hydrogen-bond donors (Lipinski definition) is 2. The first-order valence-corrected chi connectivity index (χ1v) is 7.59. The lowest BCUT2D eigenvalue weighted by molar-refractivity contribution is 0.0213. The van der Waals surface area contributed by atoms with Crippen molar-refractivity contribution in [1.29, 1.82) is 0 Å². The molecule has 0 spiro atoms. The number of nitrogens with zero attached hydrogens (tertiary/aromatic N) is 1. The summed E-state index contributed by atoms with van der Waals surface area (Å²) in [5, 5.41) is 12.4. The molecule has 0 aromatic heterocycles. The van der Waals surface area contributed by atoms with Gasteiger partial charge in [-0.1, -0.05) is 0 Å². The third-order valence-corrected chi connectivity index (χ3v) is 3.47. The van der Waals surface area contributed by atoms with E-state index >= 15 is 0 Å². The van der Waals surface area contributed by atoms with E-state index in [0.717, 1.165) is 25.8 Å². The van der Waals surface area contributed by atoms with Crippen molar-refractivity contribution in [3.63, 3.8) is 0 Å². The Morgan fingerprint density at radius 2 is 2.05 bits per heavy atom. The number of hydrogen-bond acceptors (Lipinski definition) is 4. The second-order valence-corrected chi connectivity index (χ2v) is 6.86. The third-order valence-electron chi connectivity index (χ3n) is 3.47. The van der Waals surface area contributed by atoms with Gasteiger partial charge in [0.2, 0.25) is 0 Å². The average molecular weight is 286 g/mol. The normalized spacial score (nSPS) is 22.7. The number of carbonyl (C=O) groups excluding carboxylic acids is 1. The van der Waals surface area contributed by atoms with Crippen LogP contribution in [0.1, 0.15) is 53.9 Å². The van der Waals surface area contributed by atoms with E-state index < -0.39 is 5.60 Å². The monoisotopic (exact) mass is 286 g/mol. The van der Waals surface area contributed by atoms with Crippen molar-refractivity contribution in [3.8, 4) is 0 Å². The molecule has 1 aliphatic heterocycles. The number of carbonyl (C=O) groups is 1. The van der Waals surface area contributed by atoms with Crippen LogP contribution < -0.4 is 5.32 Å². The summed E-state index contributed by atoms with van der Waals surface area (Å²) in [7, 11) is 0. The van der Waals surface area contributed by atoms with Gasteiger partial charge in [-0.15, -0.1) is 0 Å². The molecule has 1 amide bonds. The Morgan fingerprint density at radius 3 is 2.60 bits per heavy atom. The molecule has 1 aliphatic rings. The van der Waals surface area contributed by atoms with E-state index in [-0.39, 0.29) is 30.8 Å². The number of likely N-dealkylation sites (tertiary alicyclic amines) is 1. The fourth-order valence-electron chi connectivity index (χ4n) is 2.66. The summed E-state index contributed by atoms with van der Waals surface area (Å²) in [5.41, 5.74) is -0.445. The van der Waals surface area contributed by atoms with Crippen LogP contribution in [0, 0.1) is 0 Å². The van der Waals surface area contributed by atoms with Crippen LogP contribution in [-0.4, -0.2) is 53.0 Å². The highest BCUT2D eigenvalue weighted by Crippen LogP contribution is 2.24. The second kappa shape index (κ2) is 7.27. The summed E-state index contributed by atoms with van der Waals surface area (Å²) < 4.78 is 5.46. The fourth-order valence-corrected chi connectivity index (χ4v) is 2.66. The van der Waals surface area contributed by atoms with E-state index in [1.165, 1.54) is 0 Å². The number of nitrogens with one attached hydrogen (secondary N) is 1. The quantitative estimate of drug-likeness (QED) is 0.813. The van der Waals surface area contributed by atoms with Crippen LogP contribution in [0.15, 0.2) is 0 Å². The molecule has 2 N–H and O–H groups in total. The summed E-state index contributed by atoms with van der Waals surface area (Å²) in [6.45, 7) is 10.6. The highest BCUT2D eigenvalue weighted by Gasteiger charge is 2.32. The minimum Gasteiger partial charge on any atom is -0.444 e. The van der Waals surface area contributed by atoms with Crippen molar-refractivity contribution in [2.45, 2.75) is 77.6 Å². The molecule has 1 saturated heterocycles. The van der Waals surface area contributed by atoms with Crippen LogP contribution in [-0.2, 0) is 4.74 Å². The van der Waals surface area contributed by atoms with E-state index in [4.69, 9.17) is 9.84 Å². The number of ether oxygens (including phenoxy) is 1. The molecule has 0 aliphatic carbocycles. The standard InChI is InChI=1S/C15H30N2O3/c1-11(16-12(2)10-18)9-13-7-6-8-17(13)14(19)20-15(3,4)5/h11-13,16,18H,6-10H2,1-5H3/t11?,12-,13?/m1/s1. The Morgan fingerprint density at radius 1 is 1.40 bits per heavy atom. The zero-order chi connectivity index (χ0) is 15.3. The highest BCUT2D eigenvalue weighted by atomic mass is 16.6. The van der Waals surface area contributed by atoms with Gasteiger partial charge >= 0.3 is 6.09 Å². The predicted molar refractivity (Wildman–Crippen MR) is 79.7 cm³/mol. The first kappa shape index (κ1) is 17.2. The number of rotatable bonds is 5. The SMILES string of the molecule is CC(CC1CCCN1C(=O)OC(C)(C)C)N[C@H](C)CO. The smallest absolute Gasteiger partial charge is 0.410 e. The van der Waals surface area contributed by atoms with Gasteiger partial charge in [0.15, 0.2) is 0 Å². The second-order valence-electron chi connectivity index (χ2n) is 6.86. The van der Waals surface area contributed by atoms with Crippen molar-refractivity contribution < 1.29 is 14.6 Å². The lowest BCUT2D eigenvalue weighted by Gasteiger charge is -2.30. The van der Waals surface area contributed by atoms with Crippen LogP contribution in [0.4, 0.5) is 4.79 Å². The molecule has 0 aromatic carbocycles. The molecular formula is C15H30N2O3. The Kier molecular flexibility index (Phi) is 6.27. The maximum absolute atomic E-state index is 12.2. The Balaban J connectivity index is 2.50. The molecule has 0 radical (unpaired) electrons. The zero-order valence-electron chi connectivity index (χ0n) is 13.5. The molecule has 3 atom stereocenters. The number of aliphatic hydroxyl groups is 1. The molecule has 0 saturated carbocycles. The van der Waals surface area contributed by atoms with Crippen molar-refractivity contribution in [1.82, 2.24) is 10.2 Å². The summed E-state index contributed by atoms with van der Waals surface area (Å²) in [5.74, 6) is 0. The maximum Gasteiger partial charge on any atom is 0.410 e. The molecule has 0 aromatic rings. The Bertz CT molecular complexity index is 315. The van der Waals surface area contributed by atoms with E-state index in [1.54, 1.807) is 0 Å². The molecule has 5 heteroatoms. The minimum atomic E-state index is -0.445. The summed E-state index contributed by atoms with van der Waals surface area (Å²) >= 11 is 0. The van der Waals surface area contributed by atoms with Crippen molar-refractivity contribution >= 4 is 6.09 Å². The topological polar surface area (TPSA) is 61.8 Å². The molecule has 0 bridgehead atoms. The van der Waals surface area contributed by atoms with Crippen molar-refractivity contribution in [3.05, 3.63) is 0 Å². The summed E-state index contributed by atoms with van der Waals surface area (Å²) in [4.78, 5) is 14.0. The third kappa shape index (κ3) is 5.67. The highest BCUT2D eigenvalue weighted by molar-refractivity contribution is 5.68. The molecule has 20 heavy (non-hydrogen) atoms. The van der Waals surface area contributed by atoms with E-state index in [9.17, 15) is 4.79 Å². The lowest BCUT2D eigenvalue weighted by Crippen LogP contribution is -2.44. The summed E-state index contributed by atoms with van der Waals surface area (Å²) in [6, 6.07) is 0.588. The van der Waals surface area contributed by atoms with Crippen molar-refractivity contribution in [2.24, 2.45) is 0 Å². The largest absolute Gasteiger partial charge is 0.444 e. The Labute approximate surface area is 122 Å². The molecule has 1 rings (SSSR count). The van der Waals surface area contributed by atoms with Gasteiger partial charge in [-0.2, -0.15) is 0 Å². The van der Waals surface area contributed by atoms with Crippen LogP contribution >= 0.6 is 0 Å². The molecule has 118 valence electrons. The van der Waals surface area contributed by atoms with Crippen LogP contribution in [0.3, 0.4) is 0 Å². The van der Waals surface area contributed by atoms with Gasteiger partial charge in [-0.3, -0.25) is 0 Å². The van der Waals surface area contributed by atoms with Crippen LogP contribution in [0.25, 0.3) is 0 Å². The summed E-state index contributed by atoms with van der Waals surface area (Å²) in [6.07, 6.45) is 2.75. The van der Waals surface area contributed by atoms with Gasteiger partial charge in [0.05, 0.1) is 6.61 Å². The number of aliphatic hydroxyl groups excluding tert-OH is 1. The van der Waals surface area contributed by atoms with E-state index in [2.05, 4.69) is 12.2 Å². The van der Waals surface area contributed by atoms with Gasteiger partial charge in [0, 0.05) is 24.7 Å². The zero-order valence-corrected chi connectivity index (χ0v) is 13.5.